The third-order valence-electron chi connectivity index (χ3n) is 5.40. The van der Waals surface area contributed by atoms with E-state index in [-0.39, 0.29) is 30.6 Å². The van der Waals surface area contributed by atoms with Crippen LogP contribution in [0.15, 0.2) is 29.3 Å². The summed E-state index contributed by atoms with van der Waals surface area (Å²) in [6, 6.07) is 8.47. The number of nitrogens with zero attached hydrogens (tertiary/aromatic N) is 2. The van der Waals surface area contributed by atoms with Crippen molar-refractivity contribution in [2.75, 3.05) is 26.2 Å². The van der Waals surface area contributed by atoms with Gasteiger partial charge in [0.05, 0.1) is 13.2 Å². The monoisotopic (exact) mass is 502 g/mol. The third kappa shape index (κ3) is 8.25. The summed E-state index contributed by atoms with van der Waals surface area (Å²) >= 11 is 0. The molecule has 5 nitrogen and oxygen atoms in total. The number of nitrogens with one attached hydrogen (secondary N) is 2. The van der Waals surface area contributed by atoms with E-state index in [0.29, 0.717) is 18.5 Å². The van der Waals surface area contributed by atoms with Crippen molar-refractivity contribution in [3.8, 4) is 0 Å². The van der Waals surface area contributed by atoms with Gasteiger partial charge in [0.1, 0.15) is 0 Å². The van der Waals surface area contributed by atoms with Crippen LogP contribution in [0.25, 0.3) is 0 Å². The van der Waals surface area contributed by atoms with E-state index in [9.17, 15) is 5.11 Å². The topological polar surface area (TPSA) is 59.9 Å². The van der Waals surface area contributed by atoms with Crippen molar-refractivity contribution in [2.45, 2.75) is 65.6 Å². The van der Waals surface area contributed by atoms with Crippen LogP contribution in [0.2, 0.25) is 0 Å². The molecule has 28 heavy (non-hydrogen) atoms. The molecule has 0 saturated carbocycles. The van der Waals surface area contributed by atoms with E-state index in [1.54, 1.807) is 0 Å². The van der Waals surface area contributed by atoms with E-state index in [2.05, 4.69) is 36.3 Å². The number of rotatable bonds is 8. The lowest BCUT2D eigenvalue weighted by Crippen LogP contribution is -2.49. The summed E-state index contributed by atoms with van der Waals surface area (Å²) < 4.78 is 0. The predicted molar refractivity (Wildman–Crippen MR) is 129 cm³/mol. The molecule has 3 N–H and O–H groups in total. The minimum Gasteiger partial charge on any atom is -0.392 e. The third-order valence-corrected chi connectivity index (χ3v) is 5.40. The van der Waals surface area contributed by atoms with Crippen LogP contribution in [-0.4, -0.2) is 48.2 Å². The number of likely N-dealkylation sites (tertiary alicyclic amines) is 1. The van der Waals surface area contributed by atoms with Crippen molar-refractivity contribution < 1.29 is 5.11 Å². The number of guanidine groups is 1. The summed E-state index contributed by atoms with van der Waals surface area (Å²) in [5.74, 6) is 1.46. The summed E-state index contributed by atoms with van der Waals surface area (Å²) in [7, 11) is 0. The Balaban J connectivity index is 0.00000392. The number of aliphatic hydroxyl groups is 1. The minimum absolute atomic E-state index is 0. The summed E-state index contributed by atoms with van der Waals surface area (Å²) in [5.41, 5.74) is 2.02. The Morgan fingerprint density at radius 3 is 2.29 bits per heavy atom. The number of hydrogen-bond acceptors (Lipinski definition) is 3. The standard InChI is InChI=1S/C22H38N4O.HI/c1-4-23-22(24-15-19-11-7-8-12-20(19)17-27)25-16-21(18(2)3)26-13-9-5-6-10-14-26;/h7-8,11-12,18,21,27H,4-6,9-10,13-17H2,1-3H3,(H2,23,24,25);1H. The van der Waals surface area contributed by atoms with E-state index in [1.165, 1.54) is 38.8 Å². The van der Waals surface area contributed by atoms with Crippen LogP contribution in [0.4, 0.5) is 0 Å². The quantitative estimate of drug-likeness (QED) is 0.288. The highest BCUT2D eigenvalue weighted by molar-refractivity contribution is 14.0. The molecule has 2 rings (SSSR count). The second-order valence-electron chi connectivity index (χ2n) is 7.76. The van der Waals surface area contributed by atoms with Gasteiger partial charge in [-0.2, -0.15) is 0 Å². The summed E-state index contributed by atoms with van der Waals surface area (Å²) in [4.78, 5) is 7.41. The lowest BCUT2D eigenvalue weighted by molar-refractivity contribution is 0.161. The highest BCUT2D eigenvalue weighted by atomic mass is 127. The molecule has 0 radical (unpaired) electrons. The van der Waals surface area contributed by atoms with Gasteiger partial charge in [-0.05, 0) is 49.9 Å². The lowest BCUT2D eigenvalue weighted by atomic mass is 10.0. The van der Waals surface area contributed by atoms with Crippen LogP contribution in [-0.2, 0) is 13.2 Å². The number of aliphatic imine (C=N–C) groups is 1. The number of hydrogen-bond donors (Lipinski definition) is 3. The largest absolute Gasteiger partial charge is 0.392 e. The maximum absolute atomic E-state index is 9.51. The molecule has 160 valence electrons. The number of halogens is 1. The molecule has 1 aliphatic heterocycles. The molecule has 1 atom stereocenters. The van der Waals surface area contributed by atoms with E-state index < -0.39 is 0 Å². The first kappa shape index (κ1) is 25.2. The fourth-order valence-corrected chi connectivity index (χ4v) is 3.79. The normalized spacial score (nSPS) is 17.0. The van der Waals surface area contributed by atoms with Gasteiger partial charge in [0, 0.05) is 19.1 Å². The molecule has 0 aromatic heterocycles. The second kappa shape index (κ2) is 14.2. The Bertz CT molecular complexity index is 571. The Morgan fingerprint density at radius 2 is 1.71 bits per heavy atom. The van der Waals surface area contributed by atoms with E-state index in [1.807, 2.05) is 24.3 Å². The molecule has 0 amide bonds. The van der Waals surface area contributed by atoms with Crippen molar-refractivity contribution >= 4 is 29.9 Å². The second-order valence-corrected chi connectivity index (χ2v) is 7.76. The fraction of sp³-hybridized carbons (Fsp3) is 0.682. The average Bonchev–Trinajstić information content (AvgIpc) is 2.95. The molecule has 6 heteroatoms. The Kier molecular flexibility index (Phi) is 12.7. The molecule has 1 saturated heterocycles. The molecule has 1 fully saturated rings. The van der Waals surface area contributed by atoms with Crippen molar-refractivity contribution in [1.29, 1.82) is 0 Å². The SMILES string of the molecule is CCNC(=NCc1ccccc1CO)NCC(C(C)C)N1CCCCCC1.I. The van der Waals surface area contributed by atoms with Gasteiger partial charge < -0.3 is 15.7 Å². The molecule has 1 aromatic carbocycles. The Hall–Kier alpha value is -0.860. The molecule has 1 heterocycles. The van der Waals surface area contributed by atoms with Gasteiger partial charge in [-0.3, -0.25) is 4.90 Å². The van der Waals surface area contributed by atoms with Crippen LogP contribution in [0.5, 0.6) is 0 Å². The summed E-state index contributed by atoms with van der Waals surface area (Å²) in [6.45, 7) is 11.5. The van der Waals surface area contributed by atoms with Gasteiger partial charge in [-0.1, -0.05) is 51.0 Å². The van der Waals surface area contributed by atoms with E-state index in [4.69, 9.17) is 4.99 Å². The average molecular weight is 502 g/mol. The molecule has 0 bridgehead atoms. The molecule has 1 aromatic rings. The molecular weight excluding hydrogens is 463 g/mol. The van der Waals surface area contributed by atoms with Crippen molar-refractivity contribution in [3.05, 3.63) is 35.4 Å². The van der Waals surface area contributed by atoms with Gasteiger partial charge in [-0.25, -0.2) is 4.99 Å². The van der Waals surface area contributed by atoms with Crippen LogP contribution in [0.3, 0.4) is 0 Å². The maximum Gasteiger partial charge on any atom is 0.191 e. The lowest BCUT2D eigenvalue weighted by Gasteiger charge is -2.34. The maximum atomic E-state index is 9.51. The Morgan fingerprint density at radius 1 is 1.07 bits per heavy atom. The van der Waals surface area contributed by atoms with Gasteiger partial charge in [0.25, 0.3) is 0 Å². The zero-order chi connectivity index (χ0) is 19.5. The van der Waals surface area contributed by atoms with Crippen molar-refractivity contribution in [2.24, 2.45) is 10.9 Å². The molecule has 1 unspecified atom stereocenters. The zero-order valence-corrected chi connectivity index (χ0v) is 20.1. The summed E-state index contributed by atoms with van der Waals surface area (Å²) in [5, 5.41) is 16.4. The smallest absolute Gasteiger partial charge is 0.191 e. The number of aliphatic hydroxyl groups excluding tert-OH is 1. The van der Waals surface area contributed by atoms with Crippen LogP contribution < -0.4 is 10.6 Å². The molecule has 0 aliphatic carbocycles. The van der Waals surface area contributed by atoms with E-state index >= 15 is 0 Å². The highest BCUT2D eigenvalue weighted by Gasteiger charge is 2.22. The van der Waals surface area contributed by atoms with Crippen molar-refractivity contribution in [1.82, 2.24) is 15.5 Å². The van der Waals surface area contributed by atoms with Gasteiger partial charge in [0.2, 0.25) is 0 Å². The van der Waals surface area contributed by atoms with Crippen LogP contribution >= 0.6 is 24.0 Å². The minimum atomic E-state index is 0. The molecule has 1 aliphatic rings. The van der Waals surface area contributed by atoms with Crippen LogP contribution in [0, 0.1) is 5.92 Å². The molecule has 0 spiro atoms. The van der Waals surface area contributed by atoms with Gasteiger partial charge in [0.15, 0.2) is 5.96 Å². The summed E-state index contributed by atoms with van der Waals surface area (Å²) in [6.07, 6.45) is 5.36. The van der Waals surface area contributed by atoms with Gasteiger partial charge in [-0.15, -0.1) is 24.0 Å². The van der Waals surface area contributed by atoms with E-state index in [0.717, 1.165) is 30.2 Å². The van der Waals surface area contributed by atoms with Gasteiger partial charge >= 0.3 is 0 Å². The number of benzene rings is 1. The molecular formula is C22H39IN4O. The fourth-order valence-electron chi connectivity index (χ4n) is 3.79. The van der Waals surface area contributed by atoms with Crippen molar-refractivity contribution in [3.63, 3.8) is 0 Å². The predicted octanol–water partition coefficient (Wildman–Crippen LogP) is 3.75. The first-order valence-electron chi connectivity index (χ1n) is 10.6. The first-order chi connectivity index (χ1) is 13.2. The zero-order valence-electron chi connectivity index (χ0n) is 17.8. The first-order valence-corrected chi connectivity index (χ1v) is 10.6. The van der Waals surface area contributed by atoms with Crippen LogP contribution in [0.1, 0.15) is 57.6 Å². The highest BCUT2D eigenvalue weighted by Crippen LogP contribution is 2.17. The Labute approximate surface area is 188 Å².